The number of nitrogens with zero attached hydrogens (tertiary/aromatic N) is 2. The van der Waals surface area contributed by atoms with Crippen LogP contribution in [0.5, 0.6) is 0 Å². The SMILES string of the molecule is C=CCOC(=O)[C@H]1[C@H]2C(=O)N([C@@H](CO)CC(C)C)C(C(=O)N(CC=C)CCCCC)C23CC(C)[C@]1(C)O3. The van der Waals surface area contributed by atoms with Gasteiger partial charge in [0.05, 0.1) is 24.2 Å². The Balaban J connectivity index is 2.12. The molecule has 3 saturated heterocycles. The van der Waals surface area contributed by atoms with Crippen LogP contribution in [0, 0.1) is 23.7 Å². The molecule has 2 amide bonds. The molecule has 0 aliphatic carbocycles. The number of carbonyl (C=O) groups is 3. The number of amides is 2. The van der Waals surface area contributed by atoms with E-state index in [1.807, 2.05) is 27.7 Å². The van der Waals surface area contributed by atoms with Crippen LogP contribution in [0.15, 0.2) is 25.3 Å². The van der Waals surface area contributed by atoms with Crippen LogP contribution < -0.4 is 0 Å². The Morgan fingerprint density at radius 2 is 2.00 bits per heavy atom. The highest BCUT2D eigenvalue weighted by Gasteiger charge is 2.80. The lowest BCUT2D eigenvalue weighted by atomic mass is 9.62. The first-order valence-corrected chi connectivity index (χ1v) is 13.8. The molecule has 8 nitrogen and oxygen atoms in total. The van der Waals surface area contributed by atoms with Crippen molar-refractivity contribution in [3.8, 4) is 0 Å². The van der Waals surface area contributed by atoms with Crippen LogP contribution in [0.25, 0.3) is 0 Å². The molecule has 37 heavy (non-hydrogen) atoms. The molecule has 0 saturated carbocycles. The van der Waals surface area contributed by atoms with Crippen LogP contribution in [0.2, 0.25) is 0 Å². The van der Waals surface area contributed by atoms with Crippen molar-refractivity contribution in [2.24, 2.45) is 23.7 Å². The van der Waals surface area contributed by atoms with Gasteiger partial charge in [0, 0.05) is 13.1 Å². The van der Waals surface area contributed by atoms with Crippen molar-refractivity contribution in [3.05, 3.63) is 25.3 Å². The summed E-state index contributed by atoms with van der Waals surface area (Å²) in [7, 11) is 0. The van der Waals surface area contributed by atoms with Gasteiger partial charge in [-0.1, -0.05) is 59.3 Å². The van der Waals surface area contributed by atoms with E-state index in [4.69, 9.17) is 9.47 Å². The summed E-state index contributed by atoms with van der Waals surface area (Å²) in [5.74, 6) is -2.57. The van der Waals surface area contributed by atoms with Gasteiger partial charge in [-0.15, -0.1) is 6.58 Å². The van der Waals surface area contributed by atoms with Crippen molar-refractivity contribution in [2.45, 2.75) is 90.0 Å². The van der Waals surface area contributed by atoms with Crippen LogP contribution >= 0.6 is 0 Å². The number of aliphatic hydroxyl groups excluding tert-OH is 1. The smallest absolute Gasteiger partial charge is 0.313 e. The van der Waals surface area contributed by atoms with E-state index in [0.717, 1.165) is 19.3 Å². The maximum Gasteiger partial charge on any atom is 0.313 e. The number of esters is 1. The minimum atomic E-state index is -1.16. The number of likely N-dealkylation sites (tertiary alicyclic amines) is 1. The van der Waals surface area contributed by atoms with Gasteiger partial charge in [0.15, 0.2) is 0 Å². The first-order chi connectivity index (χ1) is 17.5. The molecular formula is C29H46N2O6. The molecular weight excluding hydrogens is 472 g/mol. The minimum absolute atomic E-state index is 0.0386. The number of aliphatic hydroxyl groups is 1. The quantitative estimate of drug-likeness (QED) is 0.215. The summed E-state index contributed by atoms with van der Waals surface area (Å²) in [6.45, 7) is 18.2. The molecule has 1 N–H and O–H groups in total. The zero-order valence-electron chi connectivity index (χ0n) is 23.3. The lowest BCUT2D eigenvalue weighted by Gasteiger charge is -2.40. The molecule has 3 aliphatic rings. The number of carbonyl (C=O) groups excluding carboxylic acids is 3. The van der Waals surface area contributed by atoms with Gasteiger partial charge in [-0.05, 0) is 38.0 Å². The number of hydrogen-bond donors (Lipinski definition) is 1. The van der Waals surface area contributed by atoms with Crippen molar-refractivity contribution in [2.75, 3.05) is 26.3 Å². The Morgan fingerprint density at radius 3 is 2.57 bits per heavy atom. The van der Waals surface area contributed by atoms with E-state index in [1.165, 1.54) is 6.08 Å². The molecule has 0 radical (unpaired) electrons. The molecule has 3 heterocycles. The monoisotopic (exact) mass is 518 g/mol. The largest absolute Gasteiger partial charge is 0.461 e. The summed E-state index contributed by atoms with van der Waals surface area (Å²) in [5, 5.41) is 10.4. The highest BCUT2D eigenvalue weighted by Crippen LogP contribution is 2.65. The molecule has 0 aromatic carbocycles. The summed E-state index contributed by atoms with van der Waals surface area (Å²) in [5.41, 5.74) is -2.09. The van der Waals surface area contributed by atoms with E-state index >= 15 is 0 Å². The molecule has 1 spiro atoms. The fraction of sp³-hybridized carbons (Fsp3) is 0.759. The van der Waals surface area contributed by atoms with Crippen LogP contribution in [0.1, 0.15) is 66.7 Å². The number of rotatable bonds is 14. The third-order valence-electron chi connectivity index (χ3n) is 8.62. The summed E-state index contributed by atoms with van der Waals surface area (Å²) >= 11 is 0. The van der Waals surface area contributed by atoms with E-state index in [9.17, 15) is 19.5 Å². The number of ether oxygens (including phenoxy) is 2. The normalized spacial score (nSPS) is 32.9. The third-order valence-corrected chi connectivity index (χ3v) is 8.62. The van der Waals surface area contributed by atoms with Crippen molar-refractivity contribution < 1.29 is 29.0 Å². The predicted octanol–water partition coefficient (Wildman–Crippen LogP) is 3.34. The summed E-state index contributed by atoms with van der Waals surface area (Å²) in [6.07, 6.45) is 7.05. The average Bonchev–Trinajstić information content (AvgIpc) is 3.36. The van der Waals surface area contributed by atoms with Gasteiger partial charge >= 0.3 is 5.97 Å². The van der Waals surface area contributed by atoms with E-state index in [0.29, 0.717) is 25.9 Å². The topological polar surface area (TPSA) is 96.4 Å². The van der Waals surface area contributed by atoms with Gasteiger partial charge in [0.2, 0.25) is 11.8 Å². The molecule has 3 aliphatic heterocycles. The van der Waals surface area contributed by atoms with Crippen LogP contribution in [-0.2, 0) is 23.9 Å². The van der Waals surface area contributed by atoms with E-state index in [-0.39, 0.29) is 36.9 Å². The van der Waals surface area contributed by atoms with Crippen LogP contribution in [0.3, 0.4) is 0 Å². The summed E-state index contributed by atoms with van der Waals surface area (Å²) in [6, 6.07) is -1.48. The Morgan fingerprint density at radius 1 is 1.30 bits per heavy atom. The van der Waals surface area contributed by atoms with Gasteiger partial charge in [-0.3, -0.25) is 14.4 Å². The zero-order valence-corrected chi connectivity index (χ0v) is 23.3. The Kier molecular flexibility index (Phi) is 9.27. The molecule has 0 aromatic heterocycles. The van der Waals surface area contributed by atoms with Gasteiger partial charge in [0.25, 0.3) is 0 Å². The Labute approximate surface area is 222 Å². The molecule has 2 bridgehead atoms. The zero-order chi connectivity index (χ0) is 27.5. The summed E-state index contributed by atoms with van der Waals surface area (Å²) < 4.78 is 12.2. The Hall–Kier alpha value is -2.19. The third kappa shape index (κ3) is 4.99. The van der Waals surface area contributed by atoms with Gasteiger partial charge in [-0.25, -0.2) is 0 Å². The second-order valence-electron chi connectivity index (χ2n) is 11.6. The Bertz CT molecular complexity index is 890. The number of unbranched alkanes of at least 4 members (excludes halogenated alkanes) is 2. The molecule has 3 fully saturated rings. The van der Waals surface area contributed by atoms with Crippen molar-refractivity contribution >= 4 is 17.8 Å². The van der Waals surface area contributed by atoms with E-state index in [1.54, 1.807) is 15.9 Å². The maximum absolute atomic E-state index is 14.4. The van der Waals surface area contributed by atoms with E-state index in [2.05, 4.69) is 20.1 Å². The molecule has 0 aromatic rings. The number of fused-ring (bicyclic) bond motifs is 1. The first kappa shape index (κ1) is 29.4. The maximum atomic E-state index is 14.4. The fourth-order valence-corrected chi connectivity index (χ4v) is 6.93. The molecule has 7 atom stereocenters. The van der Waals surface area contributed by atoms with Crippen molar-refractivity contribution in [1.29, 1.82) is 0 Å². The van der Waals surface area contributed by atoms with Gasteiger partial charge in [-0.2, -0.15) is 0 Å². The average molecular weight is 519 g/mol. The second kappa shape index (κ2) is 11.7. The molecule has 3 unspecified atom stereocenters. The molecule has 208 valence electrons. The first-order valence-electron chi connectivity index (χ1n) is 13.8. The predicted molar refractivity (Wildman–Crippen MR) is 141 cm³/mol. The van der Waals surface area contributed by atoms with Gasteiger partial charge in [0.1, 0.15) is 24.2 Å². The minimum Gasteiger partial charge on any atom is -0.461 e. The van der Waals surface area contributed by atoms with Crippen LogP contribution in [0.4, 0.5) is 0 Å². The molecule has 3 rings (SSSR count). The summed E-state index contributed by atoms with van der Waals surface area (Å²) in [4.78, 5) is 45.3. The number of hydrogen-bond acceptors (Lipinski definition) is 6. The van der Waals surface area contributed by atoms with Crippen LogP contribution in [-0.4, -0.2) is 82.3 Å². The highest BCUT2D eigenvalue weighted by atomic mass is 16.6. The lowest BCUT2D eigenvalue weighted by molar-refractivity contribution is -0.163. The molecule has 8 heteroatoms. The highest BCUT2D eigenvalue weighted by molar-refractivity contribution is 5.98. The fourth-order valence-electron chi connectivity index (χ4n) is 6.93. The second-order valence-corrected chi connectivity index (χ2v) is 11.6. The van der Waals surface area contributed by atoms with E-state index < -0.39 is 41.1 Å². The van der Waals surface area contributed by atoms with Crippen molar-refractivity contribution in [1.82, 2.24) is 9.80 Å². The van der Waals surface area contributed by atoms with Crippen molar-refractivity contribution in [3.63, 3.8) is 0 Å². The lowest BCUT2D eigenvalue weighted by Crippen LogP contribution is -2.59. The van der Waals surface area contributed by atoms with Gasteiger partial charge < -0.3 is 24.4 Å². The standard InChI is InChI=1S/C29H46N2O6/c1-8-11-12-14-30(13-9-2)26(34)24-29-17-20(6)28(7,37-29)23(27(35)36-15-10-3)22(29)25(33)31(24)21(18-32)16-19(4)5/h9-10,19-24,32H,2-3,8,11-18H2,1,4-7H3/t20?,21-,22+,23-,24?,28+,29?/m1/s1.